The molecule has 1 aliphatic rings. The number of hydrogen-bond donors (Lipinski definition) is 1. The van der Waals surface area contributed by atoms with Gasteiger partial charge in [-0.1, -0.05) is 35.3 Å². The van der Waals surface area contributed by atoms with Crippen molar-refractivity contribution < 1.29 is 0 Å². The molecule has 1 heterocycles. The first-order valence-electron chi connectivity index (χ1n) is 4.85. The van der Waals surface area contributed by atoms with Crippen molar-refractivity contribution in [2.75, 3.05) is 13.1 Å². The molecule has 76 valence electrons. The Labute approximate surface area is 94.4 Å². The van der Waals surface area contributed by atoms with E-state index in [0.717, 1.165) is 30.1 Å². The molecule has 0 radical (unpaired) electrons. The van der Waals surface area contributed by atoms with Gasteiger partial charge >= 0.3 is 0 Å². The Morgan fingerprint density at radius 1 is 1.29 bits per heavy atom. The van der Waals surface area contributed by atoms with Gasteiger partial charge in [-0.2, -0.15) is 0 Å². The number of halogens is 2. The lowest BCUT2D eigenvalue weighted by Crippen LogP contribution is -2.08. The van der Waals surface area contributed by atoms with Gasteiger partial charge in [-0.05, 0) is 36.9 Å². The van der Waals surface area contributed by atoms with E-state index in [-0.39, 0.29) is 0 Å². The molecule has 1 N–H and O–H groups in total. The van der Waals surface area contributed by atoms with Crippen LogP contribution in [0.25, 0.3) is 0 Å². The molecule has 2 rings (SSSR count). The van der Waals surface area contributed by atoms with Crippen molar-refractivity contribution in [1.29, 1.82) is 0 Å². The smallest absolute Gasteiger partial charge is 0.0630 e. The summed E-state index contributed by atoms with van der Waals surface area (Å²) in [6.07, 6.45) is 1.15. The molecule has 1 saturated heterocycles. The number of nitrogens with one attached hydrogen (secondary N) is 1. The zero-order valence-corrected chi connectivity index (χ0v) is 9.62. The van der Waals surface area contributed by atoms with Gasteiger partial charge in [0.2, 0.25) is 0 Å². The molecule has 14 heavy (non-hydrogen) atoms. The number of aryl methyl sites for hydroxylation is 1. The Hall–Kier alpha value is -0.240. The molecular formula is C11H13Cl2N. The standard InChI is InChI=1S/C11H13Cl2N/c1-7-2-3-9(11(13)10(7)12)8-4-5-14-6-8/h2-3,8,14H,4-6H2,1H3. The van der Waals surface area contributed by atoms with Gasteiger partial charge in [0, 0.05) is 6.54 Å². The summed E-state index contributed by atoms with van der Waals surface area (Å²) in [5.41, 5.74) is 2.23. The zero-order chi connectivity index (χ0) is 10.1. The van der Waals surface area contributed by atoms with Gasteiger partial charge in [-0.3, -0.25) is 0 Å². The fraction of sp³-hybridized carbons (Fsp3) is 0.455. The molecule has 1 aromatic rings. The lowest BCUT2D eigenvalue weighted by Gasteiger charge is -2.13. The maximum Gasteiger partial charge on any atom is 0.0630 e. The van der Waals surface area contributed by atoms with Gasteiger partial charge in [-0.15, -0.1) is 0 Å². The van der Waals surface area contributed by atoms with E-state index < -0.39 is 0 Å². The molecule has 1 atom stereocenters. The summed E-state index contributed by atoms with van der Waals surface area (Å²) >= 11 is 12.3. The predicted octanol–water partition coefficient (Wildman–Crippen LogP) is 3.38. The van der Waals surface area contributed by atoms with Gasteiger partial charge in [-0.25, -0.2) is 0 Å². The van der Waals surface area contributed by atoms with Crippen LogP contribution in [0.15, 0.2) is 12.1 Å². The lowest BCUT2D eigenvalue weighted by atomic mass is 9.97. The van der Waals surface area contributed by atoms with Gasteiger partial charge in [0.25, 0.3) is 0 Å². The van der Waals surface area contributed by atoms with Gasteiger partial charge in [0.15, 0.2) is 0 Å². The van der Waals surface area contributed by atoms with Crippen LogP contribution in [0.3, 0.4) is 0 Å². The Balaban J connectivity index is 2.38. The minimum Gasteiger partial charge on any atom is -0.316 e. The highest BCUT2D eigenvalue weighted by Crippen LogP contribution is 2.35. The van der Waals surface area contributed by atoms with Crippen molar-refractivity contribution in [2.45, 2.75) is 19.3 Å². The quantitative estimate of drug-likeness (QED) is 0.779. The molecule has 1 unspecified atom stereocenters. The van der Waals surface area contributed by atoms with Crippen molar-refractivity contribution in [3.05, 3.63) is 33.3 Å². The molecular weight excluding hydrogens is 217 g/mol. The summed E-state index contributed by atoms with van der Waals surface area (Å²) in [6.45, 7) is 4.07. The minimum atomic E-state index is 0.528. The monoisotopic (exact) mass is 229 g/mol. The van der Waals surface area contributed by atoms with Crippen LogP contribution in [0.4, 0.5) is 0 Å². The Kier molecular flexibility index (Phi) is 3.01. The number of rotatable bonds is 1. The van der Waals surface area contributed by atoms with E-state index in [9.17, 15) is 0 Å². The van der Waals surface area contributed by atoms with E-state index in [2.05, 4.69) is 11.4 Å². The molecule has 0 amide bonds. The summed E-state index contributed by atoms with van der Waals surface area (Å²) < 4.78 is 0. The van der Waals surface area contributed by atoms with E-state index in [1.807, 2.05) is 13.0 Å². The van der Waals surface area contributed by atoms with Crippen molar-refractivity contribution in [3.8, 4) is 0 Å². The average Bonchev–Trinajstić information content (AvgIpc) is 2.67. The lowest BCUT2D eigenvalue weighted by molar-refractivity contribution is 0.763. The molecule has 3 heteroatoms. The fourth-order valence-electron chi connectivity index (χ4n) is 1.90. The van der Waals surface area contributed by atoms with E-state index >= 15 is 0 Å². The first-order chi connectivity index (χ1) is 6.70. The normalized spacial score (nSPS) is 21.5. The van der Waals surface area contributed by atoms with Crippen LogP contribution in [0.1, 0.15) is 23.5 Å². The average molecular weight is 230 g/mol. The largest absolute Gasteiger partial charge is 0.316 e. The molecule has 0 spiro atoms. The molecule has 0 aliphatic carbocycles. The van der Waals surface area contributed by atoms with Crippen molar-refractivity contribution in [2.24, 2.45) is 0 Å². The topological polar surface area (TPSA) is 12.0 Å². The van der Waals surface area contributed by atoms with E-state index in [4.69, 9.17) is 23.2 Å². The summed E-state index contributed by atoms with van der Waals surface area (Å²) in [7, 11) is 0. The summed E-state index contributed by atoms with van der Waals surface area (Å²) in [5, 5.41) is 4.77. The highest BCUT2D eigenvalue weighted by Gasteiger charge is 2.20. The second-order valence-corrected chi connectivity index (χ2v) is 4.55. The Morgan fingerprint density at radius 2 is 2.07 bits per heavy atom. The van der Waals surface area contributed by atoms with Crippen molar-refractivity contribution in [1.82, 2.24) is 5.32 Å². The maximum atomic E-state index is 6.22. The molecule has 0 saturated carbocycles. The van der Waals surface area contributed by atoms with Crippen LogP contribution in [0.5, 0.6) is 0 Å². The van der Waals surface area contributed by atoms with Gasteiger partial charge in [0.1, 0.15) is 0 Å². The number of benzene rings is 1. The van der Waals surface area contributed by atoms with Crippen LogP contribution in [-0.4, -0.2) is 13.1 Å². The molecule has 1 aromatic carbocycles. The summed E-state index contributed by atoms with van der Waals surface area (Å²) in [5.74, 6) is 0.528. The first kappa shape index (κ1) is 10.3. The molecule has 0 bridgehead atoms. The zero-order valence-electron chi connectivity index (χ0n) is 8.11. The van der Waals surface area contributed by atoms with Crippen LogP contribution in [0.2, 0.25) is 10.0 Å². The van der Waals surface area contributed by atoms with Crippen LogP contribution in [-0.2, 0) is 0 Å². The Morgan fingerprint density at radius 3 is 2.71 bits per heavy atom. The van der Waals surface area contributed by atoms with Crippen molar-refractivity contribution in [3.63, 3.8) is 0 Å². The fourth-order valence-corrected chi connectivity index (χ4v) is 2.43. The predicted molar refractivity (Wildman–Crippen MR) is 61.4 cm³/mol. The second-order valence-electron chi connectivity index (χ2n) is 3.79. The second kappa shape index (κ2) is 4.09. The van der Waals surface area contributed by atoms with Crippen LogP contribution >= 0.6 is 23.2 Å². The van der Waals surface area contributed by atoms with E-state index in [1.165, 1.54) is 5.56 Å². The molecule has 1 nitrogen and oxygen atoms in total. The maximum absolute atomic E-state index is 6.22. The van der Waals surface area contributed by atoms with Crippen LogP contribution < -0.4 is 5.32 Å². The summed E-state index contributed by atoms with van der Waals surface area (Å²) in [4.78, 5) is 0. The SMILES string of the molecule is Cc1ccc(C2CCNC2)c(Cl)c1Cl. The third-order valence-corrected chi connectivity index (χ3v) is 3.80. The van der Waals surface area contributed by atoms with Crippen molar-refractivity contribution >= 4 is 23.2 Å². The minimum absolute atomic E-state index is 0.528. The van der Waals surface area contributed by atoms with E-state index in [0.29, 0.717) is 10.9 Å². The third kappa shape index (κ3) is 1.77. The molecule has 1 aliphatic heterocycles. The highest BCUT2D eigenvalue weighted by atomic mass is 35.5. The van der Waals surface area contributed by atoms with Crippen LogP contribution in [0, 0.1) is 6.92 Å². The number of hydrogen-bond acceptors (Lipinski definition) is 1. The Bertz CT molecular complexity index is 343. The molecule has 1 fully saturated rings. The third-order valence-electron chi connectivity index (χ3n) is 2.81. The van der Waals surface area contributed by atoms with Gasteiger partial charge in [0.05, 0.1) is 10.0 Å². The summed E-state index contributed by atoms with van der Waals surface area (Å²) in [6, 6.07) is 4.14. The highest BCUT2D eigenvalue weighted by molar-refractivity contribution is 6.43. The van der Waals surface area contributed by atoms with Gasteiger partial charge < -0.3 is 5.32 Å². The first-order valence-corrected chi connectivity index (χ1v) is 5.61. The van der Waals surface area contributed by atoms with E-state index in [1.54, 1.807) is 0 Å². The molecule has 0 aromatic heterocycles.